The molecule has 1 aromatic carbocycles. The number of halogens is 1. The molecular weight excluding hydrogens is 294 g/mol. The molecule has 0 aliphatic heterocycles. The normalized spacial score (nSPS) is 10.4. The van der Waals surface area contributed by atoms with Crippen molar-refractivity contribution in [2.45, 2.75) is 0 Å². The summed E-state index contributed by atoms with van der Waals surface area (Å²) >= 11 is 3.12. The van der Waals surface area contributed by atoms with E-state index in [2.05, 4.69) is 26.1 Å². The van der Waals surface area contributed by atoms with Gasteiger partial charge in [0.2, 0.25) is 0 Å². The van der Waals surface area contributed by atoms with E-state index < -0.39 is 17.3 Å². The van der Waals surface area contributed by atoms with Crippen molar-refractivity contribution >= 4 is 21.9 Å². The van der Waals surface area contributed by atoms with Crippen molar-refractivity contribution in [3.63, 3.8) is 0 Å². The molecule has 0 radical (unpaired) electrons. The highest BCUT2D eigenvalue weighted by atomic mass is 79.9. The third-order valence-electron chi connectivity index (χ3n) is 2.12. The summed E-state index contributed by atoms with van der Waals surface area (Å²) in [4.78, 5) is 33.9. The summed E-state index contributed by atoms with van der Waals surface area (Å²) in [6.45, 7) is 0. The van der Waals surface area contributed by atoms with Crippen LogP contribution >= 0.6 is 15.9 Å². The lowest BCUT2D eigenvalue weighted by Crippen LogP contribution is -2.26. The zero-order chi connectivity index (χ0) is 12.6. The second-order valence-electron chi connectivity index (χ2n) is 3.14. The molecule has 0 bridgehead atoms. The molecule has 0 spiro atoms. The van der Waals surface area contributed by atoms with Crippen LogP contribution in [0.2, 0.25) is 0 Å². The Labute approximate surface area is 102 Å². The predicted molar refractivity (Wildman–Crippen MR) is 61.7 cm³/mol. The molecule has 2 rings (SSSR count). The minimum Gasteiger partial charge on any atom is -0.478 e. The molecule has 3 N–H and O–H groups in total. The van der Waals surface area contributed by atoms with E-state index in [4.69, 9.17) is 5.11 Å². The van der Waals surface area contributed by atoms with Crippen LogP contribution in [0, 0.1) is 0 Å². The molecule has 0 fully saturated rings. The molecule has 0 atom stereocenters. The maximum atomic E-state index is 11.4. The molecule has 7 nitrogen and oxygen atoms in total. The summed E-state index contributed by atoms with van der Waals surface area (Å²) in [5, 5.41) is 13.2. The standard InChI is InChI=1S/C9H6BrN3O4/c10-5-3-1-2-4(7(14)15)6(5)13-8(16)11-12-9(13)17/h1-3H,(H,11,16)(H,12,17)(H,14,15). The van der Waals surface area contributed by atoms with E-state index in [1.807, 2.05) is 0 Å². The molecule has 0 aliphatic rings. The first-order chi connectivity index (χ1) is 8.02. The first-order valence-electron chi connectivity index (χ1n) is 4.44. The van der Waals surface area contributed by atoms with Crippen LogP contribution in [0.25, 0.3) is 5.69 Å². The number of para-hydroxylation sites is 1. The number of rotatable bonds is 2. The molecular formula is C9H6BrN3O4. The highest BCUT2D eigenvalue weighted by Crippen LogP contribution is 2.22. The van der Waals surface area contributed by atoms with Crippen LogP contribution in [0.1, 0.15) is 10.4 Å². The summed E-state index contributed by atoms with van der Waals surface area (Å²) in [7, 11) is 0. The number of H-pyrrole nitrogens is 2. The Kier molecular flexibility index (Phi) is 2.72. The van der Waals surface area contributed by atoms with Crippen LogP contribution in [0.4, 0.5) is 0 Å². The van der Waals surface area contributed by atoms with Crippen molar-refractivity contribution in [3.8, 4) is 5.69 Å². The van der Waals surface area contributed by atoms with Crippen LogP contribution in [0.3, 0.4) is 0 Å². The number of hydrogen-bond acceptors (Lipinski definition) is 3. The molecule has 88 valence electrons. The van der Waals surface area contributed by atoms with Gasteiger partial charge in [-0.1, -0.05) is 6.07 Å². The fourth-order valence-corrected chi connectivity index (χ4v) is 1.97. The number of benzene rings is 1. The highest BCUT2D eigenvalue weighted by Gasteiger charge is 2.18. The third kappa shape index (κ3) is 1.82. The number of carbonyl (C=O) groups is 1. The number of nitrogens with zero attached hydrogens (tertiary/aromatic N) is 1. The van der Waals surface area contributed by atoms with Crippen molar-refractivity contribution in [2.24, 2.45) is 0 Å². The predicted octanol–water partition coefficient (Wildman–Crippen LogP) is 0.315. The zero-order valence-corrected chi connectivity index (χ0v) is 9.82. The largest absolute Gasteiger partial charge is 0.478 e. The fourth-order valence-electron chi connectivity index (χ4n) is 1.43. The second-order valence-corrected chi connectivity index (χ2v) is 3.99. The molecule has 1 aromatic heterocycles. The van der Waals surface area contributed by atoms with Gasteiger partial charge in [0.05, 0.1) is 11.3 Å². The van der Waals surface area contributed by atoms with Crippen LogP contribution in [-0.4, -0.2) is 25.8 Å². The van der Waals surface area contributed by atoms with Gasteiger partial charge in [-0.05, 0) is 28.1 Å². The molecule has 0 saturated heterocycles. The van der Waals surface area contributed by atoms with Gasteiger partial charge in [-0.3, -0.25) is 0 Å². The van der Waals surface area contributed by atoms with Gasteiger partial charge in [-0.2, -0.15) is 0 Å². The number of carboxylic acids is 1. The van der Waals surface area contributed by atoms with Crippen LogP contribution < -0.4 is 11.4 Å². The lowest BCUT2D eigenvalue weighted by molar-refractivity contribution is 0.0697. The molecule has 2 aromatic rings. The van der Waals surface area contributed by atoms with Gasteiger partial charge in [0.1, 0.15) is 0 Å². The molecule has 8 heteroatoms. The van der Waals surface area contributed by atoms with E-state index in [0.29, 0.717) is 9.04 Å². The molecule has 0 unspecified atom stereocenters. The molecule has 1 heterocycles. The summed E-state index contributed by atoms with van der Waals surface area (Å²) in [5.74, 6) is -1.23. The SMILES string of the molecule is O=C(O)c1cccc(Br)c1-n1c(=O)[nH][nH]c1=O. The van der Waals surface area contributed by atoms with E-state index >= 15 is 0 Å². The Morgan fingerprint density at radius 2 is 1.82 bits per heavy atom. The number of aromatic nitrogens is 3. The summed E-state index contributed by atoms with van der Waals surface area (Å²) in [6.07, 6.45) is 0. The van der Waals surface area contributed by atoms with Crippen LogP contribution in [-0.2, 0) is 0 Å². The lowest BCUT2D eigenvalue weighted by atomic mass is 10.2. The van der Waals surface area contributed by atoms with Gasteiger partial charge in [0.25, 0.3) is 0 Å². The van der Waals surface area contributed by atoms with Crippen molar-refractivity contribution in [2.75, 3.05) is 0 Å². The van der Waals surface area contributed by atoms with Gasteiger partial charge in [0, 0.05) is 4.47 Å². The monoisotopic (exact) mass is 299 g/mol. The fraction of sp³-hybridized carbons (Fsp3) is 0. The topological polar surface area (TPSA) is 108 Å². The maximum absolute atomic E-state index is 11.4. The van der Waals surface area contributed by atoms with E-state index in [1.165, 1.54) is 12.1 Å². The number of nitrogens with one attached hydrogen (secondary N) is 2. The molecule has 17 heavy (non-hydrogen) atoms. The maximum Gasteiger partial charge on any atom is 0.349 e. The van der Waals surface area contributed by atoms with Gasteiger partial charge in [-0.15, -0.1) is 0 Å². The third-order valence-corrected chi connectivity index (χ3v) is 2.76. The quantitative estimate of drug-likeness (QED) is 0.742. The Bertz CT molecular complexity index is 669. The summed E-state index contributed by atoms with van der Waals surface area (Å²) in [5.41, 5.74) is -1.62. The number of aromatic carboxylic acids is 1. The minimum atomic E-state index is -1.23. The molecule has 0 amide bonds. The van der Waals surface area contributed by atoms with Gasteiger partial charge in [-0.25, -0.2) is 29.1 Å². The Balaban J connectivity index is 2.89. The Morgan fingerprint density at radius 1 is 1.24 bits per heavy atom. The van der Waals surface area contributed by atoms with E-state index in [9.17, 15) is 14.4 Å². The smallest absolute Gasteiger partial charge is 0.349 e. The highest BCUT2D eigenvalue weighted by molar-refractivity contribution is 9.10. The first kappa shape index (κ1) is 11.4. The second kappa shape index (κ2) is 4.06. The van der Waals surface area contributed by atoms with E-state index in [0.717, 1.165) is 0 Å². The van der Waals surface area contributed by atoms with Crippen LogP contribution in [0.5, 0.6) is 0 Å². The van der Waals surface area contributed by atoms with Gasteiger partial charge >= 0.3 is 17.3 Å². The summed E-state index contributed by atoms with van der Waals surface area (Å²) in [6, 6.07) is 4.35. The number of aromatic amines is 2. The molecule has 0 saturated carbocycles. The van der Waals surface area contributed by atoms with Gasteiger partial charge < -0.3 is 5.11 Å². The van der Waals surface area contributed by atoms with E-state index in [1.54, 1.807) is 6.07 Å². The number of carboxylic acid groups (broad SMARTS) is 1. The average molecular weight is 300 g/mol. The zero-order valence-electron chi connectivity index (χ0n) is 8.23. The summed E-state index contributed by atoms with van der Waals surface area (Å²) < 4.78 is 1.05. The van der Waals surface area contributed by atoms with E-state index in [-0.39, 0.29) is 11.3 Å². The Morgan fingerprint density at radius 3 is 2.35 bits per heavy atom. The first-order valence-corrected chi connectivity index (χ1v) is 5.23. The number of hydrogen-bond donors (Lipinski definition) is 3. The average Bonchev–Trinajstić information content (AvgIpc) is 2.59. The lowest BCUT2D eigenvalue weighted by Gasteiger charge is -2.06. The van der Waals surface area contributed by atoms with Crippen molar-refractivity contribution < 1.29 is 9.90 Å². The minimum absolute atomic E-state index is 0.00694. The van der Waals surface area contributed by atoms with Gasteiger partial charge in [0.15, 0.2) is 0 Å². The van der Waals surface area contributed by atoms with Crippen LogP contribution in [0.15, 0.2) is 32.3 Å². The van der Waals surface area contributed by atoms with Crippen molar-refractivity contribution in [3.05, 3.63) is 49.2 Å². The molecule has 0 aliphatic carbocycles. The van der Waals surface area contributed by atoms with Crippen molar-refractivity contribution in [1.82, 2.24) is 14.8 Å². The van der Waals surface area contributed by atoms with Crippen molar-refractivity contribution in [1.29, 1.82) is 0 Å². The Hall–Kier alpha value is -2.09.